The first-order valence-electron chi connectivity index (χ1n) is 8.80. The Bertz CT molecular complexity index is 959. The molecule has 0 saturated heterocycles. The van der Waals surface area contributed by atoms with Crippen molar-refractivity contribution in [3.05, 3.63) is 87.7 Å². The van der Waals surface area contributed by atoms with E-state index in [2.05, 4.69) is 44.5 Å². The molecule has 0 radical (unpaired) electrons. The highest BCUT2D eigenvalue weighted by Gasteiger charge is 2.17. The van der Waals surface area contributed by atoms with Crippen LogP contribution in [-0.4, -0.2) is 21.4 Å². The fourth-order valence-corrected chi connectivity index (χ4v) is 3.27. The number of fused-ring (bicyclic) bond motifs is 1. The number of hydrogen-bond donors (Lipinski definition) is 1. The first-order chi connectivity index (χ1) is 13.2. The predicted molar refractivity (Wildman–Crippen MR) is 104 cm³/mol. The van der Waals surface area contributed by atoms with Gasteiger partial charge in [-0.15, -0.1) is 0 Å². The van der Waals surface area contributed by atoms with Gasteiger partial charge in [-0.25, -0.2) is 9.97 Å². The number of benzene rings is 1. The van der Waals surface area contributed by atoms with Crippen molar-refractivity contribution in [3.63, 3.8) is 0 Å². The van der Waals surface area contributed by atoms with E-state index in [1.54, 1.807) is 12.3 Å². The predicted octanol–water partition coefficient (Wildman–Crippen LogP) is 3.56. The lowest BCUT2D eigenvalue weighted by molar-refractivity contribution is -0.384. The molecule has 4 rings (SSSR count). The van der Waals surface area contributed by atoms with Gasteiger partial charge in [0.1, 0.15) is 5.82 Å². The summed E-state index contributed by atoms with van der Waals surface area (Å²) < 4.78 is 0. The second-order valence-corrected chi connectivity index (χ2v) is 6.45. The lowest BCUT2D eigenvalue weighted by Gasteiger charge is -2.29. The summed E-state index contributed by atoms with van der Waals surface area (Å²) in [4.78, 5) is 21.5. The molecule has 1 N–H and O–H groups in total. The third kappa shape index (κ3) is 3.72. The second kappa shape index (κ2) is 7.41. The smallest absolute Gasteiger partial charge is 0.311 e. The Morgan fingerprint density at radius 2 is 1.93 bits per heavy atom. The highest BCUT2D eigenvalue weighted by molar-refractivity contribution is 5.55. The quantitative estimate of drug-likeness (QED) is 0.552. The average Bonchev–Trinajstić information content (AvgIpc) is 2.72. The minimum Gasteiger partial charge on any atom is -0.360 e. The maximum absolute atomic E-state index is 11.0. The number of aromatic nitrogens is 2. The fourth-order valence-electron chi connectivity index (χ4n) is 3.27. The Kier molecular flexibility index (Phi) is 4.65. The van der Waals surface area contributed by atoms with Crippen LogP contribution in [-0.2, 0) is 19.5 Å². The lowest BCUT2D eigenvalue weighted by atomic mass is 10.00. The molecule has 27 heavy (non-hydrogen) atoms. The summed E-state index contributed by atoms with van der Waals surface area (Å²) >= 11 is 0. The van der Waals surface area contributed by atoms with Crippen molar-refractivity contribution in [2.45, 2.75) is 19.5 Å². The molecular weight excluding hydrogens is 342 g/mol. The molecule has 0 atom stereocenters. The Morgan fingerprint density at radius 1 is 1.07 bits per heavy atom. The lowest BCUT2D eigenvalue weighted by Crippen LogP contribution is -2.30. The Labute approximate surface area is 156 Å². The van der Waals surface area contributed by atoms with Gasteiger partial charge in [0.25, 0.3) is 0 Å². The molecule has 136 valence electrons. The largest absolute Gasteiger partial charge is 0.360 e. The van der Waals surface area contributed by atoms with E-state index < -0.39 is 4.92 Å². The molecule has 7 heteroatoms. The molecule has 0 amide bonds. The number of nitrogens with zero attached hydrogens (tertiary/aromatic N) is 4. The Hall–Kier alpha value is -3.48. The van der Waals surface area contributed by atoms with Gasteiger partial charge in [0.2, 0.25) is 5.82 Å². The Balaban J connectivity index is 1.42. The van der Waals surface area contributed by atoms with E-state index in [1.807, 2.05) is 12.1 Å². The monoisotopic (exact) mass is 361 g/mol. The molecule has 1 aromatic carbocycles. The van der Waals surface area contributed by atoms with Crippen molar-refractivity contribution in [2.24, 2.45) is 0 Å². The van der Waals surface area contributed by atoms with Gasteiger partial charge in [0.15, 0.2) is 0 Å². The zero-order valence-electron chi connectivity index (χ0n) is 14.7. The van der Waals surface area contributed by atoms with Crippen LogP contribution in [0.5, 0.6) is 0 Å². The van der Waals surface area contributed by atoms with Crippen molar-refractivity contribution >= 4 is 17.3 Å². The number of nitrogens with one attached hydrogen (secondary N) is 1. The van der Waals surface area contributed by atoms with Gasteiger partial charge in [0.05, 0.1) is 4.92 Å². The fraction of sp³-hybridized carbons (Fsp3) is 0.200. The van der Waals surface area contributed by atoms with E-state index in [9.17, 15) is 10.1 Å². The van der Waals surface area contributed by atoms with Crippen LogP contribution < -0.4 is 10.2 Å². The summed E-state index contributed by atoms with van der Waals surface area (Å²) in [5.74, 6) is 1.20. The topological polar surface area (TPSA) is 84.2 Å². The standard InChI is InChI=1S/C20H19N5O2/c26-25(27)18-6-3-10-21-20(18)23-13-15-7-8-19(22-12-15)24-11-9-16-4-1-2-5-17(16)14-24/h1-8,10,12H,9,11,13-14H2,(H,21,23). The van der Waals surface area contributed by atoms with E-state index in [-0.39, 0.29) is 11.5 Å². The summed E-state index contributed by atoms with van der Waals surface area (Å²) in [5, 5.41) is 14.1. The third-order valence-electron chi connectivity index (χ3n) is 4.71. The van der Waals surface area contributed by atoms with Crippen LogP contribution in [0.4, 0.5) is 17.3 Å². The van der Waals surface area contributed by atoms with Crippen molar-refractivity contribution in [1.29, 1.82) is 0 Å². The van der Waals surface area contributed by atoms with E-state index in [0.717, 1.165) is 30.9 Å². The molecule has 2 aromatic heterocycles. The summed E-state index contributed by atoms with van der Waals surface area (Å²) in [6, 6.07) is 15.5. The van der Waals surface area contributed by atoms with Crippen LogP contribution in [0.2, 0.25) is 0 Å². The first-order valence-corrected chi connectivity index (χ1v) is 8.80. The molecule has 7 nitrogen and oxygen atoms in total. The summed E-state index contributed by atoms with van der Waals surface area (Å²) in [6.45, 7) is 2.23. The molecule has 0 fully saturated rings. The number of rotatable bonds is 5. The minimum absolute atomic E-state index is 0.0333. The summed E-state index contributed by atoms with van der Waals surface area (Å²) in [5.41, 5.74) is 3.66. The third-order valence-corrected chi connectivity index (χ3v) is 4.71. The zero-order valence-corrected chi connectivity index (χ0v) is 14.7. The maximum atomic E-state index is 11.0. The van der Waals surface area contributed by atoms with Gasteiger partial charge in [0, 0.05) is 38.1 Å². The number of anilines is 2. The van der Waals surface area contributed by atoms with E-state index in [4.69, 9.17) is 0 Å². The van der Waals surface area contributed by atoms with Gasteiger partial charge in [-0.3, -0.25) is 10.1 Å². The van der Waals surface area contributed by atoms with E-state index in [0.29, 0.717) is 6.54 Å². The minimum atomic E-state index is -0.440. The summed E-state index contributed by atoms with van der Waals surface area (Å²) in [7, 11) is 0. The number of nitro groups is 1. The maximum Gasteiger partial charge on any atom is 0.311 e. The zero-order chi connectivity index (χ0) is 18.6. The molecule has 0 aliphatic carbocycles. The average molecular weight is 361 g/mol. The van der Waals surface area contributed by atoms with Gasteiger partial charge in [-0.2, -0.15) is 0 Å². The normalized spacial score (nSPS) is 13.1. The van der Waals surface area contributed by atoms with Crippen molar-refractivity contribution < 1.29 is 4.92 Å². The molecule has 0 saturated carbocycles. The highest BCUT2D eigenvalue weighted by Crippen LogP contribution is 2.24. The van der Waals surface area contributed by atoms with Crippen LogP contribution >= 0.6 is 0 Å². The van der Waals surface area contributed by atoms with Gasteiger partial charge in [-0.05, 0) is 35.2 Å². The van der Waals surface area contributed by atoms with Crippen LogP contribution in [0.3, 0.4) is 0 Å². The van der Waals surface area contributed by atoms with Crippen LogP contribution in [0.15, 0.2) is 60.9 Å². The Morgan fingerprint density at radius 3 is 2.70 bits per heavy atom. The SMILES string of the molecule is O=[N+]([O-])c1cccnc1NCc1ccc(N2CCc3ccccc3C2)nc1. The molecule has 1 aliphatic rings. The van der Waals surface area contributed by atoms with Crippen LogP contribution in [0.1, 0.15) is 16.7 Å². The molecule has 0 unspecified atom stereocenters. The van der Waals surface area contributed by atoms with E-state index >= 15 is 0 Å². The van der Waals surface area contributed by atoms with Gasteiger partial charge >= 0.3 is 5.69 Å². The molecule has 3 heterocycles. The van der Waals surface area contributed by atoms with Crippen LogP contribution in [0, 0.1) is 10.1 Å². The number of hydrogen-bond acceptors (Lipinski definition) is 6. The number of pyridine rings is 2. The van der Waals surface area contributed by atoms with Crippen molar-refractivity contribution in [3.8, 4) is 0 Å². The van der Waals surface area contributed by atoms with Crippen molar-refractivity contribution in [2.75, 3.05) is 16.8 Å². The molecular formula is C20H19N5O2. The first kappa shape index (κ1) is 17.0. The highest BCUT2D eigenvalue weighted by atomic mass is 16.6. The molecule has 0 bridgehead atoms. The van der Waals surface area contributed by atoms with Crippen molar-refractivity contribution in [1.82, 2.24) is 9.97 Å². The molecule has 3 aromatic rings. The van der Waals surface area contributed by atoms with Crippen LogP contribution in [0.25, 0.3) is 0 Å². The van der Waals surface area contributed by atoms with Gasteiger partial charge < -0.3 is 10.2 Å². The summed E-state index contributed by atoms with van der Waals surface area (Å²) in [6.07, 6.45) is 4.35. The second-order valence-electron chi connectivity index (χ2n) is 6.45. The molecule has 0 spiro atoms. The van der Waals surface area contributed by atoms with E-state index in [1.165, 1.54) is 23.4 Å². The molecule has 1 aliphatic heterocycles. The van der Waals surface area contributed by atoms with Gasteiger partial charge in [-0.1, -0.05) is 30.3 Å².